The highest BCUT2D eigenvalue weighted by molar-refractivity contribution is 7.98. The summed E-state index contributed by atoms with van der Waals surface area (Å²) in [6.07, 6.45) is 3.05. The monoisotopic (exact) mass is 562 g/mol. The zero-order valence-electron chi connectivity index (χ0n) is 25.7. The minimum absolute atomic E-state index is 0.0962. The molecule has 0 spiro atoms. The maximum Gasteiger partial charge on any atom is 0.221 e. The summed E-state index contributed by atoms with van der Waals surface area (Å²) in [4.78, 5) is 0. The standard InChI is InChI=1S/C31H52N3O4S/c1-21(2)30(39(22(3)4)23(5)6)38-20-24-13-14-25(34-28(32)19-27(33-34)31(7,8)9)18-26(24)35-16-17-37-29-12-10-11-15-36-29/h13-14,18-19,21-23,29-30H,10-12,15-17,20,32H2,1-9H3/q+1/t29?,30-/m1/s1. The van der Waals surface area contributed by atoms with Gasteiger partial charge in [0.2, 0.25) is 5.44 Å². The normalized spacial score (nSPS) is 17.5. The van der Waals surface area contributed by atoms with Crippen LogP contribution in [0.3, 0.4) is 0 Å². The quantitative estimate of drug-likeness (QED) is 0.219. The van der Waals surface area contributed by atoms with Crippen molar-refractivity contribution >= 4 is 16.7 Å². The van der Waals surface area contributed by atoms with Crippen LogP contribution in [0.1, 0.15) is 92.8 Å². The van der Waals surface area contributed by atoms with Gasteiger partial charge < -0.3 is 24.7 Å². The number of nitrogen functional groups attached to an aromatic ring is 1. The van der Waals surface area contributed by atoms with Crippen molar-refractivity contribution in [2.24, 2.45) is 5.92 Å². The van der Waals surface area contributed by atoms with E-state index in [0.29, 0.717) is 42.1 Å². The number of anilines is 1. The highest BCUT2D eigenvalue weighted by atomic mass is 32.2. The van der Waals surface area contributed by atoms with Crippen molar-refractivity contribution < 1.29 is 18.9 Å². The maximum atomic E-state index is 6.67. The van der Waals surface area contributed by atoms with Gasteiger partial charge in [0.1, 0.15) is 28.7 Å². The van der Waals surface area contributed by atoms with Gasteiger partial charge in [-0.2, -0.15) is 5.10 Å². The zero-order valence-corrected chi connectivity index (χ0v) is 26.5. The van der Waals surface area contributed by atoms with Crippen LogP contribution in [0.2, 0.25) is 0 Å². The van der Waals surface area contributed by atoms with E-state index >= 15 is 0 Å². The third-order valence-electron chi connectivity index (χ3n) is 6.89. The maximum absolute atomic E-state index is 6.67. The van der Waals surface area contributed by atoms with Gasteiger partial charge in [-0.15, -0.1) is 0 Å². The predicted octanol–water partition coefficient (Wildman–Crippen LogP) is 6.61. The molecule has 1 fully saturated rings. The molecule has 2 aromatic rings. The van der Waals surface area contributed by atoms with Crippen LogP contribution >= 0.6 is 0 Å². The van der Waals surface area contributed by atoms with E-state index in [1.165, 1.54) is 0 Å². The fourth-order valence-corrected chi connectivity index (χ4v) is 7.92. The SMILES string of the molecule is CC(C)[C@H](OCc1ccc(-n2nc(C(C)(C)C)cc2N)cc1OCCOC1CCCCO1)[S+](C(C)C)C(C)C. The number of nitrogens with zero attached hydrogens (tertiary/aromatic N) is 2. The molecule has 2 atom stereocenters. The number of ether oxygens (including phenoxy) is 4. The Morgan fingerprint density at radius 1 is 1.05 bits per heavy atom. The number of aromatic nitrogens is 2. The smallest absolute Gasteiger partial charge is 0.221 e. The van der Waals surface area contributed by atoms with Crippen LogP contribution in [0.5, 0.6) is 5.75 Å². The van der Waals surface area contributed by atoms with Crippen LogP contribution in [0.25, 0.3) is 5.69 Å². The molecule has 1 unspecified atom stereocenters. The van der Waals surface area contributed by atoms with Gasteiger partial charge in [-0.1, -0.05) is 40.7 Å². The first kappa shape index (κ1) is 31.8. The summed E-state index contributed by atoms with van der Waals surface area (Å²) in [5.41, 5.74) is 9.29. The second-order valence-electron chi connectivity index (χ2n) is 12.4. The number of rotatable bonds is 13. The topological polar surface area (TPSA) is 80.8 Å². The Morgan fingerprint density at radius 3 is 2.33 bits per heavy atom. The van der Waals surface area contributed by atoms with Crippen molar-refractivity contribution in [1.29, 1.82) is 0 Å². The molecule has 0 aliphatic carbocycles. The molecule has 0 bridgehead atoms. The predicted molar refractivity (Wildman–Crippen MR) is 163 cm³/mol. The summed E-state index contributed by atoms with van der Waals surface area (Å²) in [5.74, 6) is 1.79. The van der Waals surface area contributed by atoms with E-state index in [0.717, 1.165) is 48.6 Å². The van der Waals surface area contributed by atoms with Crippen molar-refractivity contribution in [1.82, 2.24) is 9.78 Å². The van der Waals surface area contributed by atoms with Crippen LogP contribution in [0.15, 0.2) is 24.3 Å². The second kappa shape index (κ2) is 14.2. The van der Waals surface area contributed by atoms with Crippen molar-refractivity contribution in [3.05, 3.63) is 35.5 Å². The van der Waals surface area contributed by atoms with E-state index in [2.05, 4.69) is 68.4 Å². The summed E-state index contributed by atoms with van der Waals surface area (Å²) in [7, 11) is 0.143. The Hall–Kier alpha value is -1.74. The molecule has 0 amide bonds. The Kier molecular flexibility index (Phi) is 11.6. The first-order chi connectivity index (χ1) is 18.4. The molecule has 2 N–H and O–H groups in total. The van der Waals surface area contributed by atoms with Gasteiger partial charge in [-0.05, 0) is 53.0 Å². The van der Waals surface area contributed by atoms with Crippen molar-refractivity contribution in [3.8, 4) is 11.4 Å². The Balaban J connectivity index is 1.82. The van der Waals surface area contributed by atoms with Gasteiger partial charge in [-0.25, -0.2) is 4.68 Å². The molecule has 1 aliphatic heterocycles. The molecule has 0 radical (unpaired) electrons. The molecule has 220 valence electrons. The van der Waals surface area contributed by atoms with Gasteiger partial charge in [0.15, 0.2) is 6.29 Å². The zero-order chi connectivity index (χ0) is 28.7. The van der Waals surface area contributed by atoms with E-state index in [9.17, 15) is 0 Å². The third kappa shape index (κ3) is 8.87. The Bertz CT molecular complexity index is 1020. The van der Waals surface area contributed by atoms with Crippen LogP contribution in [0.4, 0.5) is 5.82 Å². The average Bonchev–Trinajstić information content (AvgIpc) is 3.27. The van der Waals surface area contributed by atoms with E-state index in [4.69, 9.17) is 29.8 Å². The van der Waals surface area contributed by atoms with E-state index in [1.807, 2.05) is 18.2 Å². The summed E-state index contributed by atoms with van der Waals surface area (Å²) in [6.45, 7) is 22.3. The van der Waals surface area contributed by atoms with E-state index in [1.54, 1.807) is 4.68 Å². The molecule has 1 saturated heterocycles. The number of benzene rings is 1. The molecule has 1 aromatic heterocycles. The minimum atomic E-state index is -0.132. The van der Waals surface area contributed by atoms with Gasteiger partial charge in [-0.3, -0.25) is 0 Å². The second-order valence-corrected chi connectivity index (χ2v) is 15.5. The van der Waals surface area contributed by atoms with Crippen molar-refractivity contribution in [2.45, 2.75) is 116 Å². The lowest BCUT2D eigenvalue weighted by Gasteiger charge is -2.28. The van der Waals surface area contributed by atoms with Gasteiger partial charge in [0.05, 0.1) is 24.6 Å². The molecule has 1 aliphatic rings. The summed E-state index contributed by atoms with van der Waals surface area (Å²) in [6, 6.07) is 8.08. The lowest BCUT2D eigenvalue weighted by Crippen LogP contribution is -2.40. The molecule has 8 heteroatoms. The summed E-state index contributed by atoms with van der Waals surface area (Å²) >= 11 is 0. The molecular formula is C31H52N3O4S+. The summed E-state index contributed by atoms with van der Waals surface area (Å²) in [5, 5.41) is 5.93. The summed E-state index contributed by atoms with van der Waals surface area (Å²) < 4.78 is 26.4. The van der Waals surface area contributed by atoms with Crippen LogP contribution in [-0.2, 0) is 37.1 Å². The fraction of sp³-hybridized carbons (Fsp3) is 0.710. The van der Waals surface area contributed by atoms with Crippen LogP contribution in [-0.4, -0.2) is 51.8 Å². The lowest BCUT2D eigenvalue weighted by atomic mass is 9.92. The molecule has 7 nitrogen and oxygen atoms in total. The van der Waals surface area contributed by atoms with Crippen LogP contribution < -0.4 is 10.5 Å². The molecule has 1 aromatic carbocycles. The number of hydrogen-bond acceptors (Lipinski definition) is 6. The highest BCUT2D eigenvalue weighted by Crippen LogP contribution is 2.31. The molecule has 3 rings (SSSR count). The average molecular weight is 563 g/mol. The van der Waals surface area contributed by atoms with Crippen LogP contribution in [0, 0.1) is 5.92 Å². The Labute approximate surface area is 239 Å². The third-order valence-corrected chi connectivity index (χ3v) is 10.3. The fourth-order valence-electron chi connectivity index (χ4n) is 4.91. The number of hydrogen-bond donors (Lipinski definition) is 1. The molecule has 0 saturated carbocycles. The largest absolute Gasteiger partial charge is 0.491 e. The minimum Gasteiger partial charge on any atom is -0.491 e. The highest BCUT2D eigenvalue weighted by Gasteiger charge is 2.39. The van der Waals surface area contributed by atoms with Crippen molar-refractivity contribution in [3.63, 3.8) is 0 Å². The van der Waals surface area contributed by atoms with Gasteiger partial charge in [0, 0.05) is 46.5 Å². The van der Waals surface area contributed by atoms with Gasteiger partial charge in [0.25, 0.3) is 0 Å². The molecular weight excluding hydrogens is 510 g/mol. The molecule has 2 heterocycles. The lowest BCUT2D eigenvalue weighted by molar-refractivity contribution is -0.165. The Morgan fingerprint density at radius 2 is 1.77 bits per heavy atom. The molecule has 39 heavy (non-hydrogen) atoms. The first-order valence-corrected chi connectivity index (χ1v) is 16.0. The van der Waals surface area contributed by atoms with E-state index in [-0.39, 0.29) is 28.0 Å². The van der Waals surface area contributed by atoms with Gasteiger partial charge >= 0.3 is 0 Å². The number of nitrogens with two attached hydrogens (primary N) is 1. The van der Waals surface area contributed by atoms with Crippen molar-refractivity contribution in [2.75, 3.05) is 25.6 Å². The first-order valence-electron chi connectivity index (χ1n) is 14.6. The van der Waals surface area contributed by atoms with E-state index < -0.39 is 0 Å².